The topological polar surface area (TPSA) is 84.6 Å². The summed E-state index contributed by atoms with van der Waals surface area (Å²) in [6, 6.07) is 6.85. The van der Waals surface area contributed by atoms with Crippen molar-refractivity contribution in [1.82, 2.24) is 5.32 Å². The molecule has 4 N–H and O–H groups in total. The van der Waals surface area contributed by atoms with Gasteiger partial charge in [0.15, 0.2) is 0 Å². The number of carbonyl (C=O) groups excluding carboxylic acids is 1. The molecule has 1 aromatic rings. The molecule has 0 aliphatic rings. The number of nitrogens with two attached hydrogens (primary N) is 1. The smallest absolute Gasteiger partial charge is 0.237 e. The summed E-state index contributed by atoms with van der Waals surface area (Å²) in [4.78, 5) is 11.7. The minimum Gasteiger partial charge on any atom is -0.490 e. The third-order valence-electron chi connectivity index (χ3n) is 2.75. The fourth-order valence-corrected chi connectivity index (χ4v) is 2.42. The van der Waals surface area contributed by atoms with E-state index in [4.69, 9.17) is 10.5 Å². The maximum Gasteiger partial charge on any atom is 0.237 e. The maximum atomic E-state index is 11.7. The number of benzene rings is 1. The number of thioether (sulfide) groups is 1. The van der Waals surface area contributed by atoms with E-state index in [0.717, 1.165) is 10.2 Å². The Morgan fingerprint density at radius 2 is 2.18 bits per heavy atom. The molecule has 0 saturated heterocycles. The van der Waals surface area contributed by atoms with Gasteiger partial charge in [0.25, 0.3) is 0 Å². The second-order valence-electron chi connectivity index (χ2n) is 4.53. The van der Waals surface area contributed by atoms with Crippen LogP contribution in [0.2, 0.25) is 0 Å². The fraction of sp³-hybridized carbons (Fsp3) is 0.500. The van der Waals surface area contributed by atoms with Crippen LogP contribution in [-0.4, -0.2) is 48.3 Å². The Morgan fingerprint density at radius 1 is 1.50 bits per heavy atom. The molecule has 0 heterocycles. The molecular weight excluding hydrogens is 392 g/mol. The Labute approximate surface area is 149 Å². The molecule has 2 atom stereocenters. The Hall–Kier alpha value is -0.470. The maximum absolute atomic E-state index is 11.7. The number of hydrogen-bond acceptors (Lipinski definition) is 5. The first kappa shape index (κ1) is 21.5. The van der Waals surface area contributed by atoms with Crippen molar-refractivity contribution in [3.05, 3.63) is 28.7 Å². The standard InChI is InChI=1S/C14H21BrN2O3S.ClH/c1-21-7-6-12(16)14(19)17-8-10(18)9-20-13-5-3-2-4-11(13)15;/h2-5,10,12,18H,6-9,16H2,1H3,(H,17,19);1H/t10?,12-;/m0./s1. The average Bonchev–Trinajstić information content (AvgIpc) is 2.49. The monoisotopic (exact) mass is 412 g/mol. The van der Waals surface area contributed by atoms with E-state index in [2.05, 4.69) is 21.2 Å². The zero-order valence-electron chi connectivity index (χ0n) is 12.3. The molecule has 126 valence electrons. The number of aliphatic hydroxyl groups is 1. The van der Waals surface area contributed by atoms with Crippen LogP contribution in [0.3, 0.4) is 0 Å². The Kier molecular flexibility index (Phi) is 11.8. The second-order valence-corrected chi connectivity index (χ2v) is 6.37. The first-order valence-electron chi connectivity index (χ1n) is 6.62. The first-order valence-corrected chi connectivity index (χ1v) is 8.81. The van der Waals surface area contributed by atoms with Gasteiger partial charge in [0.2, 0.25) is 5.91 Å². The number of halogens is 2. The second kappa shape index (κ2) is 12.0. The predicted molar refractivity (Wildman–Crippen MR) is 96.9 cm³/mol. The number of rotatable bonds is 9. The van der Waals surface area contributed by atoms with Crippen molar-refractivity contribution >= 4 is 46.0 Å². The normalized spacial score (nSPS) is 12.9. The Balaban J connectivity index is 0.00000441. The third-order valence-corrected chi connectivity index (χ3v) is 4.05. The van der Waals surface area contributed by atoms with E-state index in [-0.39, 0.29) is 31.5 Å². The quantitative estimate of drug-likeness (QED) is 0.575. The molecule has 0 spiro atoms. The molecule has 1 amide bonds. The molecule has 8 heteroatoms. The van der Waals surface area contributed by atoms with Gasteiger partial charge in [-0.05, 0) is 46.5 Å². The van der Waals surface area contributed by atoms with Gasteiger partial charge in [-0.25, -0.2) is 0 Å². The number of para-hydroxylation sites is 1. The van der Waals surface area contributed by atoms with Crippen LogP contribution in [0.25, 0.3) is 0 Å². The summed E-state index contributed by atoms with van der Waals surface area (Å²) in [6.45, 7) is 0.221. The SMILES string of the molecule is CSCC[C@H](N)C(=O)NCC(O)COc1ccccc1Br.Cl. The Morgan fingerprint density at radius 3 is 2.82 bits per heavy atom. The van der Waals surface area contributed by atoms with Crippen molar-refractivity contribution in [2.24, 2.45) is 5.73 Å². The number of aliphatic hydroxyl groups excluding tert-OH is 1. The lowest BCUT2D eigenvalue weighted by atomic mass is 10.2. The van der Waals surface area contributed by atoms with Crippen molar-refractivity contribution in [1.29, 1.82) is 0 Å². The van der Waals surface area contributed by atoms with E-state index in [1.165, 1.54) is 0 Å². The minimum absolute atomic E-state index is 0. The van der Waals surface area contributed by atoms with Crippen molar-refractivity contribution in [3.8, 4) is 5.75 Å². The van der Waals surface area contributed by atoms with Crippen molar-refractivity contribution in [3.63, 3.8) is 0 Å². The number of carbonyl (C=O) groups is 1. The van der Waals surface area contributed by atoms with Gasteiger partial charge >= 0.3 is 0 Å². The highest BCUT2D eigenvalue weighted by Crippen LogP contribution is 2.23. The molecule has 0 aromatic heterocycles. The van der Waals surface area contributed by atoms with Crippen LogP contribution in [0.15, 0.2) is 28.7 Å². The lowest BCUT2D eigenvalue weighted by Gasteiger charge is -2.16. The molecule has 0 bridgehead atoms. The highest BCUT2D eigenvalue weighted by Gasteiger charge is 2.14. The van der Waals surface area contributed by atoms with Crippen LogP contribution >= 0.6 is 40.1 Å². The van der Waals surface area contributed by atoms with Gasteiger partial charge in [0.05, 0.1) is 10.5 Å². The molecule has 1 aromatic carbocycles. The molecule has 5 nitrogen and oxygen atoms in total. The third kappa shape index (κ3) is 8.24. The van der Waals surface area contributed by atoms with E-state index in [0.29, 0.717) is 12.2 Å². The van der Waals surface area contributed by atoms with Crippen LogP contribution in [-0.2, 0) is 4.79 Å². The van der Waals surface area contributed by atoms with Gasteiger partial charge in [-0.2, -0.15) is 11.8 Å². The van der Waals surface area contributed by atoms with Crippen LogP contribution in [0.1, 0.15) is 6.42 Å². The molecule has 22 heavy (non-hydrogen) atoms. The zero-order chi connectivity index (χ0) is 15.7. The highest BCUT2D eigenvalue weighted by atomic mass is 79.9. The summed E-state index contributed by atoms with van der Waals surface area (Å²) in [5.74, 6) is 1.24. The molecule has 0 aliphatic carbocycles. The van der Waals surface area contributed by atoms with E-state index in [1.807, 2.05) is 24.5 Å². The van der Waals surface area contributed by atoms with E-state index in [9.17, 15) is 9.90 Å². The summed E-state index contributed by atoms with van der Waals surface area (Å²) in [5, 5.41) is 12.4. The summed E-state index contributed by atoms with van der Waals surface area (Å²) in [5.41, 5.74) is 5.73. The summed E-state index contributed by atoms with van der Waals surface area (Å²) in [6.07, 6.45) is 1.80. The number of ether oxygens (including phenoxy) is 1. The fourth-order valence-electron chi connectivity index (χ4n) is 1.53. The number of hydrogen-bond donors (Lipinski definition) is 3. The van der Waals surface area contributed by atoms with Crippen LogP contribution in [0.5, 0.6) is 5.75 Å². The van der Waals surface area contributed by atoms with Gasteiger partial charge in [0.1, 0.15) is 18.5 Å². The first-order chi connectivity index (χ1) is 10.0. The minimum atomic E-state index is -0.784. The number of amides is 1. The van der Waals surface area contributed by atoms with Gasteiger partial charge in [0, 0.05) is 6.54 Å². The molecular formula is C14H22BrClN2O3S. The molecule has 0 saturated carbocycles. The molecule has 0 fully saturated rings. The van der Waals surface area contributed by atoms with Crippen molar-refractivity contribution in [2.45, 2.75) is 18.6 Å². The van der Waals surface area contributed by atoms with E-state index < -0.39 is 12.1 Å². The zero-order valence-corrected chi connectivity index (χ0v) is 15.5. The van der Waals surface area contributed by atoms with Gasteiger partial charge in [-0.15, -0.1) is 12.4 Å². The lowest BCUT2D eigenvalue weighted by Crippen LogP contribution is -2.44. The molecule has 0 aliphatic heterocycles. The average molecular weight is 414 g/mol. The largest absolute Gasteiger partial charge is 0.490 e. The highest BCUT2D eigenvalue weighted by molar-refractivity contribution is 9.10. The molecule has 1 rings (SSSR count). The van der Waals surface area contributed by atoms with Crippen LogP contribution in [0.4, 0.5) is 0 Å². The predicted octanol–water partition coefficient (Wildman–Crippen LogP) is 1.81. The van der Waals surface area contributed by atoms with Crippen LogP contribution < -0.4 is 15.8 Å². The van der Waals surface area contributed by atoms with Gasteiger partial charge in [-0.1, -0.05) is 12.1 Å². The molecule has 0 radical (unpaired) electrons. The van der Waals surface area contributed by atoms with Crippen molar-refractivity contribution in [2.75, 3.05) is 25.2 Å². The van der Waals surface area contributed by atoms with E-state index >= 15 is 0 Å². The lowest BCUT2D eigenvalue weighted by molar-refractivity contribution is -0.122. The summed E-state index contributed by atoms with van der Waals surface area (Å²) < 4.78 is 6.29. The van der Waals surface area contributed by atoms with Crippen LogP contribution in [0, 0.1) is 0 Å². The summed E-state index contributed by atoms with van der Waals surface area (Å²) >= 11 is 5.00. The van der Waals surface area contributed by atoms with Gasteiger partial charge < -0.3 is 20.9 Å². The van der Waals surface area contributed by atoms with E-state index in [1.54, 1.807) is 17.8 Å². The number of nitrogens with one attached hydrogen (secondary N) is 1. The Bertz CT molecular complexity index is 454. The van der Waals surface area contributed by atoms with Gasteiger partial charge in [-0.3, -0.25) is 4.79 Å². The van der Waals surface area contributed by atoms with Crippen molar-refractivity contribution < 1.29 is 14.6 Å². The molecule has 1 unspecified atom stereocenters. The summed E-state index contributed by atoms with van der Waals surface area (Å²) in [7, 11) is 0.